The molecule has 0 aliphatic carbocycles. The molecule has 0 bridgehead atoms. The van der Waals surface area contributed by atoms with E-state index in [0.717, 1.165) is 28.2 Å². The summed E-state index contributed by atoms with van der Waals surface area (Å²) in [4.78, 5) is 31.8. The smallest absolute Gasteiger partial charge is 0.406 e. The third-order valence-electron chi connectivity index (χ3n) is 5.25. The van der Waals surface area contributed by atoms with Gasteiger partial charge in [-0.2, -0.15) is 0 Å². The fraction of sp³-hybridized carbons (Fsp3) is 0.160. The van der Waals surface area contributed by atoms with Crippen LogP contribution in [0.25, 0.3) is 5.57 Å². The Hall–Kier alpha value is -4.14. The van der Waals surface area contributed by atoms with Gasteiger partial charge in [-0.3, -0.25) is 19.5 Å². The van der Waals surface area contributed by atoms with Gasteiger partial charge in [0.2, 0.25) is 0 Å². The summed E-state index contributed by atoms with van der Waals surface area (Å²) in [6, 6.07) is 14.0. The normalized spacial score (nSPS) is 14.1. The molecule has 2 amide bonds. The fourth-order valence-corrected chi connectivity index (χ4v) is 3.77. The Balaban J connectivity index is 1.75. The summed E-state index contributed by atoms with van der Waals surface area (Å²) in [5.74, 6) is -1.53. The van der Waals surface area contributed by atoms with E-state index in [1.165, 1.54) is 12.1 Å². The molecule has 0 saturated carbocycles. The maximum Gasteiger partial charge on any atom is 0.573 e. The van der Waals surface area contributed by atoms with Crippen LogP contribution in [0.3, 0.4) is 0 Å². The zero-order valence-corrected chi connectivity index (χ0v) is 18.3. The Morgan fingerprint density at radius 2 is 1.71 bits per heavy atom. The summed E-state index contributed by atoms with van der Waals surface area (Å²) in [6.07, 6.45) is -1.74. The van der Waals surface area contributed by atoms with Crippen molar-refractivity contribution in [1.82, 2.24) is 9.88 Å². The van der Waals surface area contributed by atoms with Gasteiger partial charge in [-0.1, -0.05) is 29.8 Å². The lowest BCUT2D eigenvalue weighted by Gasteiger charge is -2.15. The second-order valence-electron chi connectivity index (χ2n) is 7.82. The molecule has 174 valence electrons. The Kier molecular flexibility index (Phi) is 6.10. The SMILES string of the molecule is Cc1ccc(C2=C(Nc3cccc(OC(F)(F)F)c3)C(=O)N(Cc3ccncc3)C2=O)c(C)c1. The van der Waals surface area contributed by atoms with Gasteiger partial charge in [0.25, 0.3) is 11.8 Å². The van der Waals surface area contributed by atoms with Gasteiger partial charge in [0.1, 0.15) is 11.4 Å². The molecule has 3 aromatic rings. The fourth-order valence-electron chi connectivity index (χ4n) is 3.77. The van der Waals surface area contributed by atoms with Crippen LogP contribution in [0.4, 0.5) is 18.9 Å². The van der Waals surface area contributed by atoms with Crippen LogP contribution in [0.2, 0.25) is 0 Å². The van der Waals surface area contributed by atoms with E-state index < -0.39 is 23.9 Å². The molecule has 0 fully saturated rings. The molecule has 0 radical (unpaired) electrons. The first-order chi connectivity index (χ1) is 16.1. The molecule has 9 heteroatoms. The first-order valence-corrected chi connectivity index (χ1v) is 10.3. The third kappa shape index (κ3) is 4.93. The summed E-state index contributed by atoms with van der Waals surface area (Å²) >= 11 is 0. The quantitative estimate of drug-likeness (QED) is 0.518. The van der Waals surface area contributed by atoms with Gasteiger partial charge >= 0.3 is 6.36 Å². The van der Waals surface area contributed by atoms with Crippen molar-refractivity contribution in [3.05, 3.63) is 94.9 Å². The molecule has 0 saturated heterocycles. The van der Waals surface area contributed by atoms with Gasteiger partial charge in [-0.25, -0.2) is 0 Å². The average Bonchev–Trinajstić information content (AvgIpc) is 2.98. The van der Waals surface area contributed by atoms with Crippen molar-refractivity contribution in [3.8, 4) is 5.75 Å². The van der Waals surface area contributed by atoms with E-state index in [2.05, 4.69) is 15.0 Å². The van der Waals surface area contributed by atoms with Crippen molar-refractivity contribution in [2.24, 2.45) is 0 Å². The Morgan fingerprint density at radius 3 is 2.38 bits per heavy atom. The number of benzene rings is 2. The number of aromatic nitrogens is 1. The number of nitrogens with one attached hydrogen (secondary N) is 1. The molecule has 1 aromatic heterocycles. The van der Waals surface area contributed by atoms with Crippen LogP contribution in [0, 0.1) is 13.8 Å². The maximum absolute atomic E-state index is 13.4. The number of alkyl halides is 3. The van der Waals surface area contributed by atoms with Gasteiger partial charge in [-0.15, -0.1) is 13.2 Å². The van der Waals surface area contributed by atoms with Crippen LogP contribution in [-0.4, -0.2) is 28.1 Å². The number of amides is 2. The number of ether oxygens (including phenoxy) is 1. The average molecular weight is 467 g/mol. The molecule has 1 N–H and O–H groups in total. The Labute approximate surface area is 193 Å². The number of carbonyl (C=O) groups excluding carboxylic acids is 2. The number of hydrogen-bond donors (Lipinski definition) is 1. The molecule has 2 aromatic carbocycles. The first kappa shape index (κ1) is 23.0. The highest BCUT2D eigenvalue weighted by atomic mass is 19.4. The Bertz CT molecular complexity index is 1290. The highest BCUT2D eigenvalue weighted by Crippen LogP contribution is 2.34. The minimum atomic E-state index is -4.86. The molecule has 1 aliphatic heterocycles. The van der Waals surface area contributed by atoms with E-state index in [1.807, 2.05) is 26.0 Å². The van der Waals surface area contributed by atoms with Gasteiger partial charge in [0, 0.05) is 24.1 Å². The number of imide groups is 1. The van der Waals surface area contributed by atoms with Crippen molar-refractivity contribution < 1.29 is 27.5 Å². The monoisotopic (exact) mass is 467 g/mol. The zero-order chi connectivity index (χ0) is 24.5. The molecule has 4 rings (SSSR count). The number of hydrogen-bond acceptors (Lipinski definition) is 5. The standard InChI is InChI=1S/C25H20F3N3O3/c1-15-6-7-20(16(2)12-15)21-22(30-18-4-3-5-19(13-18)34-25(26,27)28)24(33)31(23(21)32)14-17-8-10-29-11-9-17/h3-13,30H,14H2,1-2H3. The first-order valence-electron chi connectivity index (χ1n) is 10.3. The summed E-state index contributed by atoms with van der Waals surface area (Å²) in [5.41, 5.74) is 3.35. The summed E-state index contributed by atoms with van der Waals surface area (Å²) in [6.45, 7) is 3.76. The van der Waals surface area contributed by atoms with Crippen LogP contribution < -0.4 is 10.1 Å². The molecule has 34 heavy (non-hydrogen) atoms. The topological polar surface area (TPSA) is 71.5 Å². The number of anilines is 1. The van der Waals surface area contributed by atoms with E-state index in [0.29, 0.717) is 11.1 Å². The minimum absolute atomic E-state index is 0.0184. The van der Waals surface area contributed by atoms with Crippen LogP contribution in [0.1, 0.15) is 22.3 Å². The number of pyridine rings is 1. The minimum Gasteiger partial charge on any atom is -0.406 e. The van der Waals surface area contributed by atoms with Crippen LogP contribution in [0.5, 0.6) is 5.75 Å². The molecule has 0 atom stereocenters. The van der Waals surface area contributed by atoms with Crippen molar-refractivity contribution in [1.29, 1.82) is 0 Å². The molecular formula is C25H20F3N3O3. The van der Waals surface area contributed by atoms with Crippen LogP contribution in [-0.2, 0) is 16.1 Å². The van der Waals surface area contributed by atoms with Gasteiger partial charge < -0.3 is 10.1 Å². The second kappa shape index (κ2) is 9.01. The van der Waals surface area contributed by atoms with E-state index >= 15 is 0 Å². The largest absolute Gasteiger partial charge is 0.573 e. The highest BCUT2D eigenvalue weighted by molar-refractivity contribution is 6.36. The van der Waals surface area contributed by atoms with Crippen molar-refractivity contribution in [3.63, 3.8) is 0 Å². The summed E-state index contributed by atoms with van der Waals surface area (Å²) in [7, 11) is 0. The molecule has 1 aliphatic rings. The number of nitrogens with zero attached hydrogens (tertiary/aromatic N) is 2. The van der Waals surface area contributed by atoms with E-state index in [-0.39, 0.29) is 23.5 Å². The maximum atomic E-state index is 13.4. The molecule has 6 nitrogen and oxygen atoms in total. The van der Waals surface area contributed by atoms with Gasteiger partial charge in [0.05, 0.1) is 12.1 Å². The predicted octanol–water partition coefficient (Wildman–Crippen LogP) is 4.99. The summed E-state index contributed by atoms with van der Waals surface area (Å²) in [5, 5.41) is 2.86. The molecule has 0 spiro atoms. The lowest BCUT2D eigenvalue weighted by Crippen LogP contribution is -2.32. The summed E-state index contributed by atoms with van der Waals surface area (Å²) < 4.78 is 41.9. The van der Waals surface area contributed by atoms with E-state index in [4.69, 9.17) is 0 Å². The molecule has 2 heterocycles. The lowest BCUT2D eigenvalue weighted by atomic mass is 9.97. The molecule has 0 unspecified atom stereocenters. The number of carbonyl (C=O) groups is 2. The van der Waals surface area contributed by atoms with Crippen molar-refractivity contribution in [2.75, 3.05) is 5.32 Å². The zero-order valence-electron chi connectivity index (χ0n) is 18.3. The third-order valence-corrected chi connectivity index (χ3v) is 5.25. The predicted molar refractivity (Wildman–Crippen MR) is 119 cm³/mol. The number of rotatable bonds is 6. The van der Waals surface area contributed by atoms with Crippen molar-refractivity contribution >= 4 is 23.1 Å². The van der Waals surface area contributed by atoms with Crippen molar-refractivity contribution in [2.45, 2.75) is 26.8 Å². The van der Waals surface area contributed by atoms with E-state index in [1.54, 1.807) is 30.6 Å². The molecular weight excluding hydrogens is 447 g/mol. The number of aryl methyl sites for hydroxylation is 2. The van der Waals surface area contributed by atoms with Gasteiger partial charge in [-0.05, 0) is 54.8 Å². The second-order valence-corrected chi connectivity index (χ2v) is 7.82. The van der Waals surface area contributed by atoms with Crippen LogP contribution in [0.15, 0.2) is 72.7 Å². The highest BCUT2D eigenvalue weighted by Gasteiger charge is 2.40. The lowest BCUT2D eigenvalue weighted by molar-refractivity contribution is -0.274. The Morgan fingerprint density at radius 1 is 0.971 bits per heavy atom. The van der Waals surface area contributed by atoms with Gasteiger partial charge in [0.15, 0.2) is 0 Å². The number of halogens is 3. The van der Waals surface area contributed by atoms with E-state index in [9.17, 15) is 22.8 Å². The van der Waals surface area contributed by atoms with Crippen LogP contribution >= 0.6 is 0 Å².